The Balaban J connectivity index is 1.97. The molecule has 0 unspecified atom stereocenters. The third-order valence-electron chi connectivity index (χ3n) is 4.01. The minimum Gasteiger partial charge on any atom is -0.340 e. The lowest BCUT2D eigenvalue weighted by Crippen LogP contribution is -2.38. The summed E-state index contributed by atoms with van der Waals surface area (Å²) in [6, 6.07) is 6.61. The molecule has 1 aromatic rings. The predicted octanol–water partition coefficient (Wildman–Crippen LogP) is 1.30. The van der Waals surface area contributed by atoms with Crippen LogP contribution in [0.1, 0.15) is 23.1 Å². The zero-order valence-electron chi connectivity index (χ0n) is 12.6. The van der Waals surface area contributed by atoms with Crippen molar-refractivity contribution in [2.24, 2.45) is 5.73 Å². The number of rotatable bonds is 3. The number of amides is 1. The Morgan fingerprint density at radius 1 is 1.20 bits per heavy atom. The molecule has 1 aliphatic rings. The average Bonchev–Trinajstić information content (AvgIpc) is 2.68. The Labute approximate surface area is 121 Å². The second-order valence-electron chi connectivity index (χ2n) is 5.64. The van der Waals surface area contributed by atoms with Crippen molar-refractivity contribution in [1.82, 2.24) is 9.80 Å². The van der Waals surface area contributed by atoms with Crippen LogP contribution in [0.15, 0.2) is 18.2 Å². The van der Waals surface area contributed by atoms with E-state index in [1.807, 2.05) is 4.90 Å². The molecule has 1 amide bonds. The molecule has 20 heavy (non-hydrogen) atoms. The van der Waals surface area contributed by atoms with Crippen molar-refractivity contribution in [3.05, 3.63) is 34.9 Å². The normalized spacial score (nSPS) is 17.1. The highest BCUT2D eigenvalue weighted by Gasteiger charge is 2.18. The summed E-state index contributed by atoms with van der Waals surface area (Å²) < 4.78 is 0. The van der Waals surface area contributed by atoms with Gasteiger partial charge in [-0.3, -0.25) is 9.69 Å². The molecule has 0 aromatic heterocycles. The molecule has 4 heteroatoms. The second kappa shape index (κ2) is 6.86. The average molecular weight is 275 g/mol. The van der Waals surface area contributed by atoms with E-state index < -0.39 is 0 Å². The standard InChI is InChI=1S/C16H25N3O/c1-13-4-5-14(2)15(10-13)12-18-6-3-7-19(9-8-18)16(20)11-17/h4-5,10H,3,6-9,11-12,17H2,1-2H3. The summed E-state index contributed by atoms with van der Waals surface area (Å²) in [5, 5.41) is 0. The Bertz CT molecular complexity index is 473. The first-order valence-corrected chi connectivity index (χ1v) is 7.36. The molecule has 110 valence electrons. The van der Waals surface area contributed by atoms with E-state index in [0.717, 1.165) is 39.1 Å². The highest BCUT2D eigenvalue weighted by molar-refractivity contribution is 5.78. The van der Waals surface area contributed by atoms with Gasteiger partial charge in [-0.05, 0) is 31.4 Å². The van der Waals surface area contributed by atoms with Crippen molar-refractivity contribution in [3.8, 4) is 0 Å². The van der Waals surface area contributed by atoms with Crippen LogP contribution in [-0.2, 0) is 11.3 Å². The minimum absolute atomic E-state index is 0.0681. The van der Waals surface area contributed by atoms with E-state index in [0.29, 0.717) is 0 Å². The quantitative estimate of drug-likeness (QED) is 0.904. The van der Waals surface area contributed by atoms with Gasteiger partial charge in [0.05, 0.1) is 6.54 Å². The number of carbonyl (C=O) groups excluding carboxylic acids is 1. The molecule has 2 rings (SSSR count). The summed E-state index contributed by atoms with van der Waals surface area (Å²) in [6.07, 6.45) is 1.02. The van der Waals surface area contributed by atoms with E-state index in [1.165, 1.54) is 16.7 Å². The van der Waals surface area contributed by atoms with Gasteiger partial charge in [0.1, 0.15) is 0 Å². The Hall–Kier alpha value is -1.39. The molecule has 0 aliphatic carbocycles. The number of nitrogens with two attached hydrogens (primary N) is 1. The molecule has 0 spiro atoms. The van der Waals surface area contributed by atoms with E-state index in [2.05, 4.69) is 36.9 Å². The van der Waals surface area contributed by atoms with Gasteiger partial charge in [0.15, 0.2) is 0 Å². The molecule has 0 saturated carbocycles. The SMILES string of the molecule is Cc1ccc(C)c(CN2CCCN(C(=O)CN)CC2)c1. The van der Waals surface area contributed by atoms with Crippen molar-refractivity contribution < 1.29 is 4.79 Å². The lowest BCUT2D eigenvalue weighted by molar-refractivity contribution is -0.129. The van der Waals surface area contributed by atoms with Crippen LogP contribution in [0.25, 0.3) is 0 Å². The van der Waals surface area contributed by atoms with Gasteiger partial charge in [-0.2, -0.15) is 0 Å². The van der Waals surface area contributed by atoms with Gasteiger partial charge in [-0.25, -0.2) is 0 Å². The first kappa shape index (κ1) is 15.0. The first-order chi connectivity index (χ1) is 9.60. The van der Waals surface area contributed by atoms with Crippen molar-refractivity contribution in [3.63, 3.8) is 0 Å². The summed E-state index contributed by atoms with van der Waals surface area (Å²) in [5.74, 6) is 0.0681. The fourth-order valence-corrected chi connectivity index (χ4v) is 2.72. The van der Waals surface area contributed by atoms with Crippen LogP contribution in [0.2, 0.25) is 0 Å². The van der Waals surface area contributed by atoms with Crippen LogP contribution in [0.5, 0.6) is 0 Å². The number of hydrogen-bond acceptors (Lipinski definition) is 3. The molecule has 1 aliphatic heterocycles. The van der Waals surface area contributed by atoms with Gasteiger partial charge in [0.25, 0.3) is 0 Å². The van der Waals surface area contributed by atoms with Gasteiger partial charge >= 0.3 is 0 Å². The summed E-state index contributed by atoms with van der Waals surface area (Å²) >= 11 is 0. The smallest absolute Gasteiger partial charge is 0.236 e. The maximum atomic E-state index is 11.7. The lowest BCUT2D eigenvalue weighted by atomic mass is 10.1. The van der Waals surface area contributed by atoms with Gasteiger partial charge in [0, 0.05) is 32.7 Å². The first-order valence-electron chi connectivity index (χ1n) is 7.36. The van der Waals surface area contributed by atoms with Crippen LogP contribution < -0.4 is 5.73 Å². The third kappa shape index (κ3) is 3.81. The molecule has 2 N–H and O–H groups in total. The Morgan fingerprint density at radius 3 is 2.75 bits per heavy atom. The Kier molecular flexibility index (Phi) is 5.15. The molecule has 4 nitrogen and oxygen atoms in total. The molecule has 1 heterocycles. The molecular weight excluding hydrogens is 250 g/mol. The highest BCUT2D eigenvalue weighted by atomic mass is 16.2. The van der Waals surface area contributed by atoms with Crippen LogP contribution in [0.4, 0.5) is 0 Å². The Morgan fingerprint density at radius 2 is 2.00 bits per heavy atom. The molecule has 0 atom stereocenters. The van der Waals surface area contributed by atoms with E-state index in [-0.39, 0.29) is 12.5 Å². The molecule has 0 bridgehead atoms. The van der Waals surface area contributed by atoms with Gasteiger partial charge < -0.3 is 10.6 Å². The van der Waals surface area contributed by atoms with E-state index in [1.54, 1.807) is 0 Å². The summed E-state index contributed by atoms with van der Waals surface area (Å²) in [7, 11) is 0. The third-order valence-corrected chi connectivity index (χ3v) is 4.01. The van der Waals surface area contributed by atoms with Crippen molar-refractivity contribution in [2.75, 3.05) is 32.7 Å². The largest absolute Gasteiger partial charge is 0.340 e. The summed E-state index contributed by atoms with van der Waals surface area (Å²) in [6.45, 7) is 8.99. The van der Waals surface area contributed by atoms with Crippen molar-refractivity contribution in [2.45, 2.75) is 26.8 Å². The zero-order valence-corrected chi connectivity index (χ0v) is 12.6. The number of hydrogen-bond donors (Lipinski definition) is 1. The lowest BCUT2D eigenvalue weighted by Gasteiger charge is -2.22. The van der Waals surface area contributed by atoms with Crippen LogP contribution in [0, 0.1) is 13.8 Å². The van der Waals surface area contributed by atoms with Gasteiger partial charge in [0.2, 0.25) is 5.91 Å². The molecule has 1 aromatic carbocycles. The van der Waals surface area contributed by atoms with E-state index in [9.17, 15) is 4.79 Å². The summed E-state index contributed by atoms with van der Waals surface area (Å²) in [5.41, 5.74) is 9.48. The number of benzene rings is 1. The topological polar surface area (TPSA) is 49.6 Å². The molecule has 1 saturated heterocycles. The molecular formula is C16H25N3O. The minimum atomic E-state index is 0.0681. The van der Waals surface area contributed by atoms with E-state index in [4.69, 9.17) is 5.73 Å². The zero-order chi connectivity index (χ0) is 14.5. The number of carbonyl (C=O) groups is 1. The molecule has 1 fully saturated rings. The fraction of sp³-hybridized carbons (Fsp3) is 0.562. The van der Waals surface area contributed by atoms with Gasteiger partial charge in [-0.1, -0.05) is 23.8 Å². The van der Waals surface area contributed by atoms with Crippen LogP contribution in [0.3, 0.4) is 0 Å². The monoisotopic (exact) mass is 275 g/mol. The highest BCUT2D eigenvalue weighted by Crippen LogP contribution is 2.15. The predicted molar refractivity (Wildman–Crippen MR) is 81.4 cm³/mol. The molecule has 0 radical (unpaired) electrons. The summed E-state index contributed by atoms with van der Waals surface area (Å²) in [4.78, 5) is 16.0. The van der Waals surface area contributed by atoms with Crippen molar-refractivity contribution in [1.29, 1.82) is 0 Å². The van der Waals surface area contributed by atoms with Crippen LogP contribution in [-0.4, -0.2) is 48.4 Å². The van der Waals surface area contributed by atoms with E-state index >= 15 is 0 Å². The fourth-order valence-electron chi connectivity index (χ4n) is 2.72. The number of nitrogens with zero attached hydrogens (tertiary/aromatic N) is 2. The number of aryl methyl sites for hydroxylation is 2. The maximum Gasteiger partial charge on any atom is 0.236 e. The maximum absolute atomic E-state index is 11.7. The van der Waals surface area contributed by atoms with Crippen molar-refractivity contribution >= 4 is 5.91 Å². The van der Waals surface area contributed by atoms with Gasteiger partial charge in [-0.15, -0.1) is 0 Å². The second-order valence-corrected chi connectivity index (χ2v) is 5.64. The van der Waals surface area contributed by atoms with Crippen LogP contribution >= 0.6 is 0 Å².